The maximum Gasteiger partial charge on any atom is 0.319 e. The maximum atomic E-state index is 12.8. The predicted molar refractivity (Wildman–Crippen MR) is 84.8 cm³/mol. The minimum atomic E-state index is -0.943. The molecule has 0 unspecified atom stereocenters. The fourth-order valence-electron chi connectivity index (χ4n) is 1.75. The van der Waals surface area contributed by atoms with Crippen molar-refractivity contribution in [1.82, 2.24) is 5.32 Å². The van der Waals surface area contributed by atoms with E-state index in [-0.39, 0.29) is 6.54 Å². The summed E-state index contributed by atoms with van der Waals surface area (Å²) in [5.74, 6) is -0.391. The molecule has 7 heteroatoms. The molecule has 2 aromatic rings. The van der Waals surface area contributed by atoms with Gasteiger partial charge in [-0.15, -0.1) is 0 Å². The van der Waals surface area contributed by atoms with E-state index in [1.807, 2.05) is 0 Å². The zero-order valence-electron chi connectivity index (χ0n) is 11.3. The van der Waals surface area contributed by atoms with Gasteiger partial charge in [0.2, 0.25) is 0 Å². The Bertz CT molecular complexity index is 665. The van der Waals surface area contributed by atoms with Crippen LogP contribution in [0.5, 0.6) is 0 Å². The van der Waals surface area contributed by atoms with E-state index in [4.69, 9.17) is 23.2 Å². The molecule has 0 saturated carbocycles. The fourth-order valence-corrected chi connectivity index (χ4v) is 2.09. The Labute approximate surface area is 136 Å². The van der Waals surface area contributed by atoms with Gasteiger partial charge in [-0.25, -0.2) is 9.18 Å². The molecule has 0 saturated heterocycles. The third kappa shape index (κ3) is 4.59. The van der Waals surface area contributed by atoms with Crippen molar-refractivity contribution in [3.05, 3.63) is 63.9 Å². The maximum absolute atomic E-state index is 12.8. The summed E-state index contributed by atoms with van der Waals surface area (Å²) < 4.78 is 12.8. The van der Waals surface area contributed by atoms with E-state index in [2.05, 4.69) is 10.6 Å². The number of carbonyl (C=O) groups excluding carboxylic acids is 1. The van der Waals surface area contributed by atoms with Crippen molar-refractivity contribution in [2.45, 2.75) is 6.10 Å². The molecule has 0 aliphatic carbocycles. The van der Waals surface area contributed by atoms with Crippen LogP contribution in [0.3, 0.4) is 0 Å². The van der Waals surface area contributed by atoms with Gasteiger partial charge in [0, 0.05) is 11.6 Å². The number of benzene rings is 2. The lowest BCUT2D eigenvalue weighted by Crippen LogP contribution is -2.32. The van der Waals surface area contributed by atoms with E-state index in [0.717, 1.165) is 0 Å². The van der Waals surface area contributed by atoms with Gasteiger partial charge in [0.1, 0.15) is 5.82 Å². The molecule has 22 heavy (non-hydrogen) atoms. The Morgan fingerprint density at radius 1 is 1.18 bits per heavy atom. The van der Waals surface area contributed by atoms with Crippen LogP contribution >= 0.6 is 23.2 Å². The minimum Gasteiger partial charge on any atom is -0.387 e. The highest BCUT2D eigenvalue weighted by atomic mass is 35.5. The quantitative estimate of drug-likeness (QED) is 0.786. The number of aliphatic hydroxyl groups is 1. The topological polar surface area (TPSA) is 61.4 Å². The van der Waals surface area contributed by atoms with Gasteiger partial charge in [-0.2, -0.15) is 0 Å². The first-order chi connectivity index (χ1) is 10.5. The molecule has 4 nitrogen and oxygen atoms in total. The van der Waals surface area contributed by atoms with Crippen molar-refractivity contribution >= 4 is 34.9 Å². The molecular weight excluding hydrogens is 330 g/mol. The monoisotopic (exact) mass is 342 g/mol. The number of carbonyl (C=O) groups is 1. The normalized spacial score (nSPS) is 11.8. The van der Waals surface area contributed by atoms with Crippen molar-refractivity contribution in [3.8, 4) is 0 Å². The summed E-state index contributed by atoms with van der Waals surface area (Å²) in [5, 5.41) is 15.7. The molecule has 0 heterocycles. The Hall–Kier alpha value is -1.82. The number of aliphatic hydroxyl groups excluding tert-OH is 1. The number of nitrogens with one attached hydrogen (secondary N) is 2. The number of rotatable bonds is 4. The van der Waals surface area contributed by atoms with Crippen LogP contribution in [0, 0.1) is 5.82 Å². The van der Waals surface area contributed by atoms with E-state index in [1.54, 1.807) is 12.1 Å². The molecule has 116 valence electrons. The Kier molecular flexibility index (Phi) is 5.60. The summed E-state index contributed by atoms with van der Waals surface area (Å²) in [4.78, 5) is 11.8. The highest BCUT2D eigenvalue weighted by Gasteiger charge is 2.11. The van der Waals surface area contributed by atoms with Gasteiger partial charge in [-0.3, -0.25) is 0 Å². The van der Waals surface area contributed by atoms with E-state index in [1.165, 1.54) is 30.3 Å². The summed E-state index contributed by atoms with van der Waals surface area (Å²) in [6.45, 7) is -0.0321. The first kappa shape index (κ1) is 16.5. The molecule has 0 aliphatic rings. The van der Waals surface area contributed by atoms with Gasteiger partial charge in [0.15, 0.2) is 0 Å². The van der Waals surface area contributed by atoms with Gasteiger partial charge in [-0.1, -0.05) is 35.3 Å². The van der Waals surface area contributed by atoms with Gasteiger partial charge >= 0.3 is 6.03 Å². The zero-order valence-corrected chi connectivity index (χ0v) is 12.8. The van der Waals surface area contributed by atoms with Crippen LogP contribution in [-0.4, -0.2) is 17.7 Å². The third-order valence-corrected chi connectivity index (χ3v) is 3.45. The van der Waals surface area contributed by atoms with Crippen molar-refractivity contribution in [2.24, 2.45) is 0 Å². The molecule has 0 aliphatic heterocycles. The number of urea groups is 1. The number of hydrogen-bond donors (Lipinski definition) is 3. The minimum absolute atomic E-state index is 0.0321. The Balaban J connectivity index is 1.89. The lowest BCUT2D eigenvalue weighted by molar-refractivity contribution is 0.175. The molecular formula is C15H13Cl2FN2O2. The van der Waals surface area contributed by atoms with E-state index in [9.17, 15) is 14.3 Å². The molecule has 0 aromatic heterocycles. The second-order valence-corrected chi connectivity index (χ2v) is 5.37. The van der Waals surface area contributed by atoms with Crippen LogP contribution in [0.15, 0.2) is 42.5 Å². The van der Waals surface area contributed by atoms with Gasteiger partial charge in [-0.05, 0) is 35.9 Å². The Morgan fingerprint density at radius 3 is 2.55 bits per heavy atom. The van der Waals surface area contributed by atoms with Crippen molar-refractivity contribution in [3.63, 3.8) is 0 Å². The molecule has 2 rings (SSSR count). The van der Waals surface area contributed by atoms with Crippen LogP contribution in [0.25, 0.3) is 0 Å². The lowest BCUT2D eigenvalue weighted by atomic mass is 10.1. The van der Waals surface area contributed by atoms with Crippen LogP contribution in [0.2, 0.25) is 10.0 Å². The molecule has 3 N–H and O–H groups in total. The lowest BCUT2D eigenvalue weighted by Gasteiger charge is -2.13. The first-order valence-corrected chi connectivity index (χ1v) is 7.15. The second kappa shape index (κ2) is 7.45. The summed E-state index contributed by atoms with van der Waals surface area (Å²) in [6.07, 6.45) is -0.943. The SMILES string of the molecule is O=C(NC[C@H](O)c1ccc(F)cc1)Nc1cc(Cl)ccc1Cl. The summed E-state index contributed by atoms with van der Waals surface area (Å²) >= 11 is 11.7. The van der Waals surface area contributed by atoms with Crippen molar-refractivity contribution in [2.75, 3.05) is 11.9 Å². The number of hydrogen-bond acceptors (Lipinski definition) is 2. The van der Waals surface area contributed by atoms with Crippen LogP contribution in [-0.2, 0) is 0 Å². The number of amides is 2. The van der Waals surface area contributed by atoms with Crippen LogP contribution < -0.4 is 10.6 Å². The number of anilines is 1. The van der Waals surface area contributed by atoms with Crippen molar-refractivity contribution < 1.29 is 14.3 Å². The highest BCUT2D eigenvalue weighted by molar-refractivity contribution is 6.35. The van der Waals surface area contributed by atoms with Gasteiger partial charge in [0.05, 0.1) is 16.8 Å². The summed E-state index contributed by atoms with van der Waals surface area (Å²) in [5.41, 5.74) is 0.866. The van der Waals surface area contributed by atoms with Gasteiger partial charge < -0.3 is 15.7 Å². The smallest absolute Gasteiger partial charge is 0.319 e. The van der Waals surface area contributed by atoms with E-state index >= 15 is 0 Å². The third-order valence-electron chi connectivity index (χ3n) is 2.89. The van der Waals surface area contributed by atoms with Crippen LogP contribution in [0.4, 0.5) is 14.9 Å². The predicted octanol–water partition coefficient (Wildman–Crippen LogP) is 3.99. The van der Waals surface area contributed by atoms with Gasteiger partial charge in [0.25, 0.3) is 0 Å². The second-order valence-electron chi connectivity index (χ2n) is 4.53. The molecule has 0 fully saturated rings. The Morgan fingerprint density at radius 2 is 1.86 bits per heavy atom. The van der Waals surface area contributed by atoms with Crippen molar-refractivity contribution in [1.29, 1.82) is 0 Å². The van der Waals surface area contributed by atoms with E-state index < -0.39 is 18.0 Å². The average molecular weight is 343 g/mol. The van der Waals surface area contributed by atoms with E-state index in [0.29, 0.717) is 21.3 Å². The first-order valence-electron chi connectivity index (χ1n) is 6.39. The molecule has 2 aromatic carbocycles. The van der Waals surface area contributed by atoms with Crippen LogP contribution in [0.1, 0.15) is 11.7 Å². The summed E-state index contributed by atoms with van der Waals surface area (Å²) in [6, 6.07) is 9.53. The average Bonchev–Trinajstić information content (AvgIpc) is 2.49. The standard InChI is InChI=1S/C15H13Cl2FN2O2/c16-10-3-6-12(17)13(7-10)20-15(22)19-8-14(21)9-1-4-11(18)5-2-9/h1-7,14,21H,8H2,(H2,19,20,22)/t14-/m0/s1. The largest absolute Gasteiger partial charge is 0.387 e. The molecule has 0 radical (unpaired) electrons. The molecule has 0 bridgehead atoms. The molecule has 1 atom stereocenters. The fraction of sp³-hybridized carbons (Fsp3) is 0.133. The molecule has 2 amide bonds. The number of halogens is 3. The highest BCUT2D eigenvalue weighted by Crippen LogP contribution is 2.25. The molecule has 0 spiro atoms. The summed E-state index contributed by atoms with van der Waals surface area (Å²) in [7, 11) is 0. The zero-order chi connectivity index (χ0) is 16.1.